The maximum absolute atomic E-state index is 12.0. The largest absolute Gasteiger partial charge is 0.478 e. The van der Waals surface area contributed by atoms with Crippen molar-refractivity contribution in [3.05, 3.63) is 28.8 Å². The van der Waals surface area contributed by atoms with Gasteiger partial charge in [0.05, 0.1) is 15.5 Å². The van der Waals surface area contributed by atoms with Gasteiger partial charge >= 0.3 is 5.97 Å². The minimum atomic E-state index is -3.71. The average Bonchev–Trinajstić information content (AvgIpc) is 2.42. The van der Waals surface area contributed by atoms with Crippen molar-refractivity contribution in [3.8, 4) is 0 Å². The second-order valence-electron chi connectivity index (χ2n) is 4.03. The van der Waals surface area contributed by atoms with Crippen LogP contribution < -0.4 is 4.72 Å². The number of halogens is 1. The Kier molecular flexibility index (Phi) is 7.47. The maximum atomic E-state index is 12.0. The second kappa shape index (κ2) is 8.60. The summed E-state index contributed by atoms with van der Waals surface area (Å²) in [4.78, 5) is 10.7. The third-order valence-electron chi connectivity index (χ3n) is 2.47. The van der Waals surface area contributed by atoms with Crippen LogP contribution in [0, 0.1) is 0 Å². The number of carbonyl (C=O) groups is 1. The highest BCUT2D eigenvalue weighted by Crippen LogP contribution is 2.20. The Balaban J connectivity index is 2.62. The summed E-state index contributed by atoms with van der Waals surface area (Å²) in [5.41, 5.74) is -0.143. The highest BCUT2D eigenvalue weighted by molar-refractivity contribution is 7.99. The number of carboxylic acid groups (broad SMARTS) is 1. The van der Waals surface area contributed by atoms with Crippen LogP contribution >= 0.6 is 23.4 Å². The van der Waals surface area contributed by atoms with E-state index in [9.17, 15) is 13.2 Å². The molecule has 0 saturated heterocycles. The number of rotatable bonds is 9. The lowest BCUT2D eigenvalue weighted by Gasteiger charge is -2.08. The molecule has 0 spiro atoms. The molecule has 6 nitrogen and oxygen atoms in total. The molecule has 0 heterocycles. The molecule has 0 saturated carbocycles. The van der Waals surface area contributed by atoms with Crippen molar-refractivity contribution in [1.82, 2.24) is 4.72 Å². The molecule has 0 atom stereocenters. The number of aliphatic hydroxyl groups excluding tert-OH is 1. The van der Waals surface area contributed by atoms with Crippen molar-refractivity contribution in [1.29, 1.82) is 0 Å². The lowest BCUT2D eigenvalue weighted by Crippen LogP contribution is -2.26. The highest BCUT2D eigenvalue weighted by atomic mass is 35.5. The van der Waals surface area contributed by atoms with Gasteiger partial charge in [-0.05, 0) is 30.4 Å². The van der Waals surface area contributed by atoms with Crippen LogP contribution in [-0.4, -0.2) is 49.3 Å². The van der Waals surface area contributed by atoms with Gasteiger partial charge in [0.2, 0.25) is 10.0 Å². The van der Waals surface area contributed by atoms with Crippen molar-refractivity contribution >= 4 is 39.4 Å². The summed E-state index contributed by atoms with van der Waals surface area (Å²) in [5, 5.41) is 17.3. The van der Waals surface area contributed by atoms with Crippen molar-refractivity contribution in [3.63, 3.8) is 0 Å². The van der Waals surface area contributed by atoms with Crippen LogP contribution in [0.15, 0.2) is 23.1 Å². The Labute approximate surface area is 132 Å². The Morgan fingerprint density at radius 3 is 2.62 bits per heavy atom. The number of hydrogen-bond donors (Lipinski definition) is 3. The van der Waals surface area contributed by atoms with E-state index < -0.39 is 16.0 Å². The number of benzene rings is 1. The molecule has 3 N–H and O–H groups in total. The monoisotopic (exact) mass is 353 g/mol. The van der Waals surface area contributed by atoms with Crippen LogP contribution in [0.4, 0.5) is 0 Å². The fourth-order valence-electron chi connectivity index (χ4n) is 1.44. The van der Waals surface area contributed by atoms with E-state index in [-0.39, 0.29) is 28.6 Å². The summed E-state index contributed by atoms with van der Waals surface area (Å²) in [6, 6.07) is 3.48. The number of aliphatic hydroxyl groups is 1. The highest BCUT2D eigenvalue weighted by Gasteiger charge is 2.17. The number of nitrogens with one attached hydrogen (secondary N) is 1. The standard InChI is InChI=1S/C12H16ClNO5S2/c13-11-8-9(2-3-10(11)12(16)17)21(18,19)14-4-7-20-6-1-5-15/h2-3,8,14-15H,1,4-7H2,(H,16,17). The first-order valence-corrected chi connectivity index (χ1v) is 9.11. The maximum Gasteiger partial charge on any atom is 0.337 e. The van der Waals surface area contributed by atoms with Gasteiger partial charge in [-0.15, -0.1) is 0 Å². The molecule has 1 aromatic rings. The Morgan fingerprint density at radius 2 is 2.05 bits per heavy atom. The van der Waals surface area contributed by atoms with Crippen molar-refractivity contribution in [2.24, 2.45) is 0 Å². The van der Waals surface area contributed by atoms with Gasteiger partial charge in [-0.3, -0.25) is 0 Å². The second-order valence-corrected chi connectivity index (χ2v) is 7.43. The molecule has 0 unspecified atom stereocenters. The molecular formula is C12H16ClNO5S2. The molecule has 0 aromatic heterocycles. The number of hydrogen-bond acceptors (Lipinski definition) is 5. The third kappa shape index (κ3) is 5.84. The summed E-state index contributed by atoms with van der Waals surface area (Å²) >= 11 is 7.28. The molecule has 21 heavy (non-hydrogen) atoms. The van der Waals surface area contributed by atoms with E-state index in [0.29, 0.717) is 12.2 Å². The molecule has 0 amide bonds. The summed E-state index contributed by atoms with van der Waals surface area (Å²) < 4.78 is 26.4. The molecule has 0 aliphatic carbocycles. The molecule has 118 valence electrons. The summed E-state index contributed by atoms with van der Waals surface area (Å²) in [5.74, 6) is 0.134. The van der Waals surface area contributed by atoms with Crippen molar-refractivity contribution in [2.75, 3.05) is 24.7 Å². The predicted octanol–water partition coefficient (Wildman–Crippen LogP) is 1.43. The molecular weight excluding hydrogens is 338 g/mol. The first-order chi connectivity index (χ1) is 9.88. The smallest absolute Gasteiger partial charge is 0.337 e. The molecule has 0 fully saturated rings. The summed E-state index contributed by atoms with van der Waals surface area (Å²) in [6.07, 6.45) is 0.670. The fraction of sp³-hybridized carbons (Fsp3) is 0.417. The quantitative estimate of drug-likeness (QED) is 0.580. The van der Waals surface area contributed by atoms with Gasteiger partial charge in [-0.25, -0.2) is 17.9 Å². The SMILES string of the molecule is O=C(O)c1ccc(S(=O)(=O)NCCSCCCO)cc1Cl. The molecule has 0 radical (unpaired) electrons. The van der Waals surface area contributed by atoms with Gasteiger partial charge < -0.3 is 10.2 Å². The normalized spacial score (nSPS) is 11.5. The molecule has 1 rings (SSSR count). The Bertz CT molecular complexity index is 591. The van der Waals surface area contributed by atoms with Gasteiger partial charge in [-0.2, -0.15) is 11.8 Å². The lowest BCUT2D eigenvalue weighted by molar-refractivity contribution is 0.0697. The Morgan fingerprint density at radius 1 is 1.33 bits per heavy atom. The van der Waals surface area contributed by atoms with Gasteiger partial charge in [0, 0.05) is 18.9 Å². The molecule has 0 bridgehead atoms. The van der Waals surface area contributed by atoms with Crippen molar-refractivity contribution < 1.29 is 23.4 Å². The van der Waals surface area contributed by atoms with E-state index in [2.05, 4.69) is 4.72 Å². The van der Waals surface area contributed by atoms with Crippen LogP contribution in [0.2, 0.25) is 5.02 Å². The number of thioether (sulfide) groups is 1. The van der Waals surface area contributed by atoms with E-state index in [1.54, 1.807) is 0 Å². The molecule has 1 aromatic carbocycles. The molecule has 9 heteroatoms. The van der Waals surface area contributed by atoms with Crippen molar-refractivity contribution in [2.45, 2.75) is 11.3 Å². The average molecular weight is 354 g/mol. The van der Waals surface area contributed by atoms with Gasteiger partial charge in [0.25, 0.3) is 0 Å². The first kappa shape index (κ1) is 18.2. The van der Waals surface area contributed by atoms with Gasteiger partial charge in [0.15, 0.2) is 0 Å². The Hall–Kier alpha value is -0.800. The zero-order valence-electron chi connectivity index (χ0n) is 11.1. The summed E-state index contributed by atoms with van der Waals surface area (Å²) in [6.45, 7) is 0.365. The van der Waals surface area contributed by atoms with E-state index >= 15 is 0 Å². The van der Waals surface area contributed by atoms with Gasteiger partial charge in [0.1, 0.15) is 0 Å². The number of sulfonamides is 1. The van der Waals surface area contributed by atoms with Crippen LogP contribution in [0.5, 0.6) is 0 Å². The zero-order valence-corrected chi connectivity index (χ0v) is 13.5. The predicted molar refractivity (Wildman–Crippen MR) is 82.6 cm³/mol. The minimum absolute atomic E-state index is 0.0714. The fourth-order valence-corrected chi connectivity index (χ4v) is 3.73. The van der Waals surface area contributed by atoms with Crippen LogP contribution in [0.3, 0.4) is 0 Å². The molecule has 0 aliphatic rings. The van der Waals surface area contributed by atoms with Crippen LogP contribution in [-0.2, 0) is 10.0 Å². The van der Waals surface area contributed by atoms with Gasteiger partial charge in [-0.1, -0.05) is 11.6 Å². The summed E-state index contributed by atoms with van der Waals surface area (Å²) in [7, 11) is -3.71. The lowest BCUT2D eigenvalue weighted by atomic mass is 10.2. The molecule has 0 aliphatic heterocycles. The third-order valence-corrected chi connectivity index (χ3v) is 5.31. The van der Waals surface area contributed by atoms with Crippen LogP contribution in [0.25, 0.3) is 0 Å². The van der Waals surface area contributed by atoms with E-state index in [1.165, 1.54) is 17.8 Å². The zero-order chi connectivity index (χ0) is 15.9. The van der Waals surface area contributed by atoms with E-state index in [1.807, 2.05) is 0 Å². The first-order valence-electron chi connectivity index (χ1n) is 6.09. The topological polar surface area (TPSA) is 104 Å². The van der Waals surface area contributed by atoms with E-state index in [0.717, 1.165) is 17.9 Å². The van der Waals surface area contributed by atoms with Crippen LogP contribution in [0.1, 0.15) is 16.8 Å². The number of carboxylic acids is 1. The van der Waals surface area contributed by atoms with E-state index in [4.69, 9.17) is 21.8 Å². The minimum Gasteiger partial charge on any atom is -0.478 e. The number of aromatic carboxylic acids is 1.